The fraction of sp³-hybridized carbons (Fsp3) is 0.286. The molecule has 3 heteroatoms. The van der Waals surface area contributed by atoms with Crippen LogP contribution in [0.5, 0.6) is 0 Å². The first-order valence-corrected chi connectivity index (χ1v) is 8.48. The molecule has 1 aromatic heterocycles. The third-order valence-corrected chi connectivity index (χ3v) is 5.35. The molecule has 1 aliphatic rings. The Hall–Kier alpha value is -2.55. The Labute approximate surface area is 142 Å². The van der Waals surface area contributed by atoms with Crippen molar-refractivity contribution in [3.8, 4) is 0 Å². The number of aryl methyl sites for hydroxylation is 3. The fourth-order valence-corrected chi connectivity index (χ4v) is 3.76. The van der Waals surface area contributed by atoms with Crippen molar-refractivity contribution in [3.05, 3.63) is 70.4 Å². The summed E-state index contributed by atoms with van der Waals surface area (Å²) < 4.78 is 2.28. The number of hydrogen-bond acceptors (Lipinski definition) is 1. The molecule has 0 spiro atoms. The van der Waals surface area contributed by atoms with Gasteiger partial charge < -0.3 is 9.47 Å². The summed E-state index contributed by atoms with van der Waals surface area (Å²) in [6.45, 7) is 5.61. The van der Waals surface area contributed by atoms with Crippen molar-refractivity contribution in [2.75, 3.05) is 6.54 Å². The number of aromatic nitrogens is 1. The molecule has 3 aromatic rings. The van der Waals surface area contributed by atoms with Crippen LogP contribution in [0.25, 0.3) is 10.9 Å². The van der Waals surface area contributed by atoms with Gasteiger partial charge in [-0.05, 0) is 43.2 Å². The second-order valence-electron chi connectivity index (χ2n) is 6.78. The summed E-state index contributed by atoms with van der Waals surface area (Å²) in [6.07, 6.45) is 0.914. The summed E-state index contributed by atoms with van der Waals surface area (Å²) in [7, 11) is 2.13. The molecule has 4 rings (SSSR count). The minimum Gasteiger partial charge on any atom is -0.347 e. The van der Waals surface area contributed by atoms with Crippen LogP contribution in [0.3, 0.4) is 0 Å². The van der Waals surface area contributed by atoms with Crippen molar-refractivity contribution in [1.82, 2.24) is 9.47 Å². The van der Waals surface area contributed by atoms with E-state index in [1.165, 1.54) is 33.3 Å². The van der Waals surface area contributed by atoms with Crippen molar-refractivity contribution in [2.45, 2.75) is 26.8 Å². The van der Waals surface area contributed by atoms with Crippen molar-refractivity contribution >= 4 is 16.8 Å². The third kappa shape index (κ3) is 2.23. The van der Waals surface area contributed by atoms with Gasteiger partial charge in [-0.2, -0.15) is 0 Å². The van der Waals surface area contributed by atoms with Gasteiger partial charge in [0.25, 0.3) is 5.91 Å². The van der Waals surface area contributed by atoms with E-state index >= 15 is 0 Å². The lowest BCUT2D eigenvalue weighted by atomic mass is 10.0. The summed E-state index contributed by atoms with van der Waals surface area (Å²) >= 11 is 0. The Bertz CT molecular complexity index is 952. The number of carbonyl (C=O) groups excluding carboxylic acids is 1. The van der Waals surface area contributed by atoms with Crippen LogP contribution in [-0.2, 0) is 20.0 Å². The van der Waals surface area contributed by atoms with Gasteiger partial charge >= 0.3 is 0 Å². The molecule has 3 nitrogen and oxygen atoms in total. The minimum atomic E-state index is 0.136. The first-order chi connectivity index (χ1) is 11.6. The average Bonchev–Trinajstić information content (AvgIpc) is 2.89. The molecule has 2 aromatic carbocycles. The van der Waals surface area contributed by atoms with Crippen molar-refractivity contribution in [1.29, 1.82) is 0 Å². The van der Waals surface area contributed by atoms with Crippen LogP contribution in [-0.4, -0.2) is 21.9 Å². The van der Waals surface area contributed by atoms with Gasteiger partial charge in [-0.25, -0.2) is 0 Å². The van der Waals surface area contributed by atoms with Crippen molar-refractivity contribution in [3.63, 3.8) is 0 Å². The molecule has 0 fully saturated rings. The molecule has 2 heterocycles. The largest absolute Gasteiger partial charge is 0.347 e. The number of amides is 1. The zero-order chi connectivity index (χ0) is 16.8. The fourth-order valence-electron chi connectivity index (χ4n) is 3.76. The Morgan fingerprint density at radius 2 is 1.83 bits per heavy atom. The van der Waals surface area contributed by atoms with Crippen molar-refractivity contribution < 1.29 is 4.79 Å². The number of fused-ring (bicyclic) bond motifs is 3. The maximum atomic E-state index is 12.9. The highest BCUT2D eigenvalue weighted by Crippen LogP contribution is 2.30. The van der Waals surface area contributed by atoms with E-state index < -0.39 is 0 Å². The first-order valence-electron chi connectivity index (χ1n) is 8.48. The van der Waals surface area contributed by atoms with Gasteiger partial charge in [0.05, 0.1) is 0 Å². The molecule has 122 valence electrons. The number of rotatable bonds is 1. The molecule has 0 radical (unpaired) electrons. The normalized spacial score (nSPS) is 14.0. The van der Waals surface area contributed by atoms with Gasteiger partial charge in [0.2, 0.25) is 0 Å². The van der Waals surface area contributed by atoms with Crippen LogP contribution in [0.4, 0.5) is 0 Å². The summed E-state index contributed by atoms with van der Waals surface area (Å²) in [4.78, 5) is 14.9. The Balaban J connectivity index is 1.70. The van der Waals surface area contributed by atoms with Gasteiger partial charge in [-0.15, -0.1) is 0 Å². The molecule has 0 saturated carbocycles. The Kier molecular flexibility index (Phi) is 3.45. The predicted octanol–water partition coefficient (Wildman–Crippen LogP) is 3.99. The highest BCUT2D eigenvalue weighted by molar-refractivity contribution is 5.95. The van der Waals surface area contributed by atoms with Gasteiger partial charge in [-0.1, -0.05) is 24.3 Å². The second kappa shape index (κ2) is 5.52. The van der Waals surface area contributed by atoms with E-state index in [0.29, 0.717) is 6.54 Å². The molecule has 0 aliphatic carbocycles. The molecule has 0 atom stereocenters. The van der Waals surface area contributed by atoms with E-state index in [-0.39, 0.29) is 5.91 Å². The number of hydrogen-bond donors (Lipinski definition) is 0. The third-order valence-electron chi connectivity index (χ3n) is 5.35. The topological polar surface area (TPSA) is 25.2 Å². The van der Waals surface area contributed by atoms with E-state index in [1.807, 2.05) is 23.1 Å². The average molecular weight is 318 g/mol. The van der Waals surface area contributed by atoms with Gasteiger partial charge in [-0.3, -0.25) is 4.79 Å². The first kappa shape index (κ1) is 15.0. The molecule has 0 N–H and O–H groups in total. The smallest absolute Gasteiger partial charge is 0.254 e. The second-order valence-corrected chi connectivity index (χ2v) is 6.78. The van der Waals surface area contributed by atoms with Crippen LogP contribution in [0.1, 0.15) is 32.7 Å². The lowest BCUT2D eigenvalue weighted by molar-refractivity contribution is 0.0734. The Morgan fingerprint density at radius 1 is 1.04 bits per heavy atom. The molecule has 0 unspecified atom stereocenters. The van der Waals surface area contributed by atoms with Crippen LogP contribution in [0.15, 0.2) is 42.5 Å². The van der Waals surface area contributed by atoms with Crippen LogP contribution < -0.4 is 0 Å². The zero-order valence-corrected chi connectivity index (χ0v) is 14.5. The maximum absolute atomic E-state index is 12.9. The lowest BCUT2D eigenvalue weighted by Gasteiger charge is -2.28. The van der Waals surface area contributed by atoms with Gasteiger partial charge in [0, 0.05) is 54.3 Å². The lowest BCUT2D eigenvalue weighted by Crippen LogP contribution is -2.36. The summed E-state index contributed by atoms with van der Waals surface area (Å²) in [5, 5.41) is 1.27. The highest BCUT2D eigenvalue weighted by atomic mass is 16.2. The van der Waals surface area contributed by atoms with E-state index in [9.17, 15) is 4.79 Å². The standard InChI is InChI=1S/C21H22N2O/c1-14-8-9-16(12-15(14)2)21(24)23-11-10-20-18(13-23)17-6-4-5-7-19(17)22(20)3/h4-9,12H,10-11,13H2,1-3H3. The highest BCUT2D eigenvalue weighted by Gasteiger charge is 2.26. The molecular formula is C21H22N2O. The predicted molar refractivity (Wildman–Crippen MR) is 97.3 cm³/mol. The van der Waals surface area contributed by atoms with E-state index in [1.54, 1.807) is 0 Å². The molecule has 24 heavy (non-hydrogen) atoms. The number of nitrogens with zero attached hydrogens (tertiary/aromatic N) is 2. The van der Waals surface area contributed by atoms with Gasteiger partial charge in [0.15, 0.2) is 0 Å². The Morgan fingerprint density at radius 3 is 2.62 bits per heavy atom. The van der Waals surface area contributed by atoms with E-state index in [2.05, 4.69) is 49.7 Å². The summed E-state index contributed by atoms with van der Waals surface area (Å²) in [5.41, 5.74) is 7.10. The molecule has 0 saturated heterocycles. The quantitative estimate of drug-likeness (QED) is 0.666. The molecule has 1 aliphatic heterocycles. The summed E-state index contributed by atoms with van der Waals surface area (Å²) in [6, 6.07) is 14.5. The SMILES string of the molecule is Cc1ccc(C(=O)N2CCc3c(c4ccccc4n3C)C2)cc1C. The minimum absolute atomic E-state index is 0.136. The van der Waals surface area contributed by atoms with Gasteiger partial charge in [0.1, 0.15) is 0 Å². The molecule has 0 bridgehead atoms. The zero-order valence-electron chi connectivity index (χ0n) is 14.5. The number of carbonyl (C=O) groups is 1. The maximum Gasteiger partial charge on any atom is 0.254 e. The molecule has 1 amide bonds. The number of para-hydroxylation sites is 1. The van der Waals surface area contributed by atoms with Crippen LogP contribution >= 0.6 is 0 Å². The van der Waals surface area contributed by atoms with E-state index in [0.717, 1.165) is 18.5 Å². The van der Waals surface area contributed by atoms with E-state index in [4.69, 9.17) is 0 Å². The van der Waals surface area contributed by atoms with Crippen molar-refractivity contribution in [2.24, 2.45) is 7.05 Å². The summed E-state index contributed by atoms with van der Waals surface area (Å²) in [5.74, 6) is 0.136. The van der Waals surface area contributed by atoms with Crippen LogP contribution in [0.2, 0.25) is 0 Å². The number of benzene rings is 2. The van der Waals surface area contributed by atoms with Crippen LogP contribution in [0, 0.1) is 13.8 Å². The monoisotopic (exact) mass is 318 g/mol. The molecular weight excluding hydrogens is 296 g/mol.